The molecule has 0 amide bonds. The van der Waals surface area contributed by atoms with Gasteiger partial charge in [-0.1, -0.05) is 17.7 Å². The SMILES string of the molecule is CN1CCCC1c1ccc(Cl)c(N)c1. The molecule has 0 aromatic heterocycles. The van der Waals surface area contributed by atoms with Gasteiger partial charge in [-0.15, -0.1) is 0 Å². The van der Waals surface area contributed by atoms with Gasteiger partial charge >= 0.3 is 0 Å². The van der Waals surface area contributed by atoms with Crippen molar-refractivity contribution in [3.8, 4) is 0 Å². The second kappa shape index (κ2) is 3.79. The first kappa shape index (κ1) is 9.81. The number of nitrogen functional groups attached to an aromatic ring is 1. The van der Waals surface area contributed by atoms with Crippen molar-refractivity contribution in [1.82, 2.24) is 4.90 Å². The summed E-state index contributed by atoms with van der Waals surface area (Å²) in [6, 6.07) is 6.48. The van der Waals surface area contributed by atoms with E-state index < -0.39 is 0 Å². The van der Waals surface area contributed by atoms with E-state index in [2.05, 4.69) is 18.0 Å². The average molecular weight is 211 g/mol. The predicted molar refractivity (Wildman–Crippen MR) is 60.5 cm³/mol. The van der Waals surface area contributed by atoms with E-state index in [4.69, 9.17) is 17.3 Å². The molecule has 2 nitrogen and oxygen atoms in total. The van der Waals surface area contributed by atoms with E-state index in [1.54, 1.807) is 0 Å². The molecule has 0 saturated carbocycles. The highest BCUT2D eigenvalue weighted by Gasteiger charge is 2.22. The molecule has 76 valence electrons. The van der Waals surface area contributed by atoms with Crippen LogP contribution < -0.4 is 5.73 Å². The fourth-order valence-corrected chi connectivity index (χ4v) is 2.22. The zero-order valence-electron chi connectivity index (χ0n) is 8.33. The molecule has 1 saturated heterocycles. The zero-order valence-corrected chi connectivity index (χ0v) is 9.09. The normalized spacial score (nSPS) is 22.9. The molecule has 1 aliphatic heterocycles. The second-order valence-electron chi connectivity index (χ2n) is 3.92. The molecule has 0 spiro atoms. The molecule has 2 rings (SSSR count). The lowest BCUT2D eigenvalue weighted by atomic mass is 10.0. The van der Waals surface area contributed by atoms with Gasteiger partial charge in [0.15, 0.2) is 0 Å². The molecule has 1 unspecified atom stereocenters. The van der Waals surface area contributed by atoms with Gasteiger partial charge in [0.25, 0.3) is 0 Å². The number of nitrogens with zero attached hydrogens (tertiary/aromatic N) is 1. The lowest BCUT2D eigenvalue weighted by molar-refractivity contribution is 0.317. The first-order valence-corrected chi connectivity index (χ1v) is 5.31. The molecule has 0 radical (unpaired) electrons. The summed E-state index contributed by atoms with van der Waals surface area (Å²) in [5, 5.41) is 0.648. The molecule has 1 aliphatic rings. The molecule has 1 atom stereocenters. The van der Waals surface area contributed by atoms with Crippen molar-refractivity contribution in [3.05, 3.63) is 28.8 Å². The maximum Gasteiger partial charge on any atom is 0.0635 e. The Morgan fingerprint density at radius 1 is 1.50 bits per heavy atom. The Morgan fingerprint density at radius 2 is 2.29 bits per heavy atom. The molecule has 14 heavy (non-hydrogen) atoms. The van der Waals surface area contributed by atoms with Crippen molar-refractivity contribution in [2.45, 2.75) is 18.9 Å². The lowest BCUT2D eigenvalue weighted by Gasteiger charge is -2.20. The van der Waals surface area contributed by atoms with E-state index in [1.165, 1.54) is 24.9 Å². The highest BCUT2D eigenvalue weighted by Crippen LogP contribution is 2.32. The molecular weight excluding hydrogens is 196 g/mol. The number of benzene rings is 1. The number of nitrogens with two attached hydrogens (primary N) is 1. The first-order valence-electron chi connectivity index (χ1n) is 4.93. The van der Waals surface area contributed by atoms with Gasteiger partial charge < -0.3 is 5.73 Å². The minimum atomic E-state index is 0.523. The van der Waals surface area contributed by atoms with Gasteiger partial charge in [0, 0.05) is 6.04 Å². The number of rotatable bonds is 1. The number of hydrogen-bond acceptors (Lipinski definition) is 2. The van der Waals surface area contributed by atoms with Crippen molar-refractivity contribution in [2.24, 2.45) is 0 Å². The maximum absolute atomic E-state index is 5.89. The number of anilines is 1. The molecule has 1 aromatic rings. The molecule has 1 aromatic carbocycles. The van der Waals surface area contributed by atoms with Gasteiger partial charge in [0.2, 0.25) is 0 Å². The van der Waals surface area contributed by atoms with Crippen LogP contribution in [0, 0.1) is 0 Å². The van der Waals surface area contributed by atoms with E-state index in [0.717, 1.165) is 0 Å². The van der Waals surface area contributed by atoms with Crippen LogP contribution in [0.5, 0.6) is 0 Å². The Labute approximate surface area is 89.7 Å². The van der Waals surface area contributed by atoms with Crippen LogP contribution in [0.25, 0.3) is 0 Å². The van der Waals surface area contributed by atoms with Crippen molar-refractivity contribution in [1.29, 1.82) is 0 Å². The van der Waals surface area contributed by atoms with Crippen LogP contribution in [0.4, 0.5) is 5.69 Å². The Hall–Kier alpha value is -0.730. The Morgan fingerprint density at radius 3 is 2.86 bits per heavy atom. The number of likely N-dealkylation sites (tertiary alicyclic amines) is 1. The minimum absolute atomic E-state index is 0.523. The van der Waals surface area contributed by atoms with Crippen molar-refractivity contribution < 1.29 is 0 Å². The molecule has 3 heteroatoms. The third kappa shape index (κ3) is 1.72. The fourth-order valence-electron chi connectivity index (χ4n) is 2.10. The van der Waals surface area contributed by atoms with Crippen LogP contribution in [0.3, 0.4) is 0 Å². The summed E-state index contributed by atoms with van der Waals surface area (Å²) in [5.74, 6) is 0. The molecule has 2 N–H and O–H groups in total. The summed E-state index contributed by atoms with van der Waals surface area (Å²) in [7, 11) is 2.16. The third-order valence-corrected chi connectivity index (χ3v) is 3.27. The minimum Gasteiger partial charge on any atom is -0.398 e. The quantitative estimate of drug-likeness (QED) is 0.723. The summed E-state index contributed by atoms with van der Waals surface area (Å²) < 4.78 is 0. The van der Waals surface area contributed by atoms with Gasteiger partial charge in [-0.2, -0.15) is 0 Å². The van der Waals surface area contributed by atoms with Crippen LogP contribution in [0.15, 0.2) is 18.2 Å². The average Bonchev–Trinajstić information content (AvgIpc) is 2.57. The van der Waals surface area contributed by atoms with E-state index >= 15 is 0 Å². The monoisotopic (exact) mass is 210 g/mol. The molecule has 0 aliphatic carbocycles. The summed E-state index contributed by atoms with van der Waals surface area (Å²) >= 11 is 5.89. The summed E-state index contributed by atoms with van der Waals surface area (Å²) in [4.78, 5) is 2.36. The fraction of sp³-hybridized carbons (Fsp3) is 0.455. The smallest absolute Gasteiger partial charge is 0.0635 e. The molecule has 0 bridgehead atoms. The van der Waals surface area contributed by atoms with Crippen molar-refractivity contribution in [2.75, 3.05) is 19.3 Å². The third-order valence-electron chi connectivity index (χ3n) is 2.93. The standard InChI is InChI=1S/C11H15ClN2/c1-14-6-2-3-11(14)8-4-5-9(12)10(13)7-8/h4-5,7,11H,2-3,6,13H2,1H3. The molecular formula is C11H15ClN2. The predicted octanol–water partition coefficient (Wildman–Crippen LogP) is 2.69. The van der Waals surface area contributed by atoms with Gasteiger partial charge in [0.05, 0.1) is 10.7 Å². The van der Waals surface area contributed by atoms with E-state index in [-0.39, 0.29) is 0 Å². The summed E-state index contributed by atoms with van der Waals surface area (Å²) in [6.45, 7) is 1.17. The van der Waals surface area contributed by atoms with E-state index in [0.29, 0.717) is 16.8 Å². The zero-order chi connectivity index (χ0) is 10.1. The molecule has 1 heterocycles. The van der Waals surface area contributed by atoms with Crippen LogP contribution in [-0.2, 0) is 0 Å². The lowest BCUT2D eigenvalue weighted by Crippen LogP contribution is -2.17. The van der Waals surface area contributed by atoms with E-state index in [9.17, 15) is 0 Å². The molecule has 1 fully saturated rings. The van der Waals surface area contributed by atoms with Crippen LogP contribution >= 0.6 is 11.6 Å². The van der Waals surface area contributed by atoms with Gasteiger partial charge in [0.1, 0.15) is 0 Å². The van der Waals surface area contributed by atoms with Gasteiger partial charge in [-0.3, -0.25) is 4.90 Å². The second-order valence-corrected chi connectivity index (χ2v) is 4.33. The van der Waals surface area contributed by atoms with Crippen LogP contribution in [0.1, 0.15) is 24.4 Å². The van der Waals surface area contributed by atoms with Crippen LogP contribution in [0.2, 0.25) is 5.02 Å². The Balaban J connectivity index is 2.28. The number of halogens is 1. The summed E-state index contributed by atoms with van der Waals surface area (Å²) in [6.07, 6.45) is 2.49. The summed E-state index contributed by atoms with van der Waals surface area (Å²) in [5.41, 5.74) is 7.75. The van der Waals surface area contributed by atoms with E-state index in [1.807, 2.05) is 12.1 Å². The largest absolute Gasteiger partial charge is 0.398 e. The Kier molecular flexibility index (Phi) is 2.66. The maximum atomic E-state index is 5.89. The first-order chi connectivity index (χ1) is 6.68. The van der Waals surface area contributed by atoms with Crippen LogP contribution in [-0.4, -0.2) is 18.5 Å². The Bertz CT molecular complexity index is 338. The van der Waals surface area contributed by atoms with Gasteiger partial charge in [-0.25, -0.2) is 0 Å². The topological polar surface area (TPSA) is 29.3 Å². The van der Waals surface area contributed by atoms with Crippen molar-refractivity contribution in [3.63, 3.8) is 0 Å². The van der Waals surface area contributed by atoms with Crippen molar-refractivity contribution >= 4 is 17.3 Å². The number of hydrogen-bond donors (Lipinski definition) is 1. The highest BCUT2D eigenvalue weighted by atomic mass is 35.5. The van der Waals surface area contributed by atoms with Gasteiger partial charge in [-0.05, 0) is 44.1 Å². The highest BCUT2D eigenvalue weighted by molar-refractivity contribution is 6.33.